The first kappa shape index (κ1) is 26.4. The summed E-state index contributed by atoms with van der Waals surface area (Å²) < 4.78 is 18.3. The first-order chi connectivity index (χ1) is 18.0. The van der Waals surface area contributed by atoms with Gasteiger partial charge in [0.1, 0.15) is 17.1 Å². The second-order valence-corrected chi connectivity index (χ2v) is 9.14. The smallest absolute Gasteiger partial charge is 0.344 e. The maximum absolute atomic E-state index is 11.7. The van der Waals surface area contributed by atoms with Gasteiger partial charge < -0.3 is 29.8 Å². The van der Waals surface area contributed by atoms with Crippen molar-refractivity contribution < 1.29 is 19.0 Å². The predicted molar refractivity (Wildman–Crippen MR) is 145 cm³/mol. The standard InChI is InChI=1S/C28H35N5O4/c1-19(2)37-25(34)18-36-21-9-6-8-20(16-21)17-30-13-7-14-33-24(12-15-35-3)32-26-27(33)22-10-4-5-11-23(22)31-28(26)29/h4-6,8-11,16,19,30H,7,12-15,17-18H2,1-3H3,(H2,29,31). The molecule has 2 aromatic carbocycles. The van der Waals surface area contributed by atoms with Crippen molar-refractivity contribution in [2.24, 2.45) is 0 Å². The highest BCUT2D eigenvalue weighted by atomic mass is 16.6. The van der Waals surface area contributed by atoms with Crippen LogP contribution >= 0.6 is 0 Å². The number of fused-ring (bicyclic) bond motifs is 3. The molecule has 3 N–H and O–H groups in total. The Morgan fingerprint density at radius 3 is 2.78 bits per heavy atom. The zero-order chi connectivity index (χ0) is 26.2. The molecule has 0 amide bonds. The predicted octanol–water partition coefficient (Wildman–Crippen LogP) is 3.87. The van der Waals surface area contributed by atoms with Gasteiger partial charge in [-0.3, -0.25) is 0 Å². The Labute approximate surface area is 216 Å². The second kappa shape index (κ2) is 12.5. The van der Waals surface area contributed by atoms with E-state index < -0.39 is 0 Å². The van der Waals surface area contributed by atoms with Gasteiger partial charge in [-0.15, -0.1) is 0 Å². The average molecular weight is 506 g/mol. The van der Waals surface area contributed by atoms with Gasteiger partial charge in [-0.2, -0.15) is 0 Å². The lowest BCUT2D eigenvalue weighted by molar-refractivity contribution is -0.149. The minimum absolute atomic E-state index is 0.103. The molecule has 2 heterocycles. The molecule has 0 saturated carbocycles. The molecule has 2 aromatic heterocycles. The van der Waals surface area contributed by atoms with Crippen LogP contribution in [-0.4, -0.2) is 53.5 Å². The number of benzene rings is 2. The molecule has 4 aromatic rings. The van der Waals surface area contributed by atoms with Crippen molar-refractivity contribution in [3.63, 3.8) is 0 Å². The number of anilines is 1. The fraction of sp³-hybridized carbons (Fsp3) is 0.393. The summed E-state index contributed by atoms with van der Waals surface area (Å²) in [4.78, 5) is 21.1. The van der Waals surface area contributed by atoms with Crippen molar-refractivity contribution in [1.29, 1.82) is 0 Å². The number of hydrogen-bond acceptors (Lipinski definition) is 8. The van der Waals surface area contributed by atoms with Crippen LogP contribution in [0.15, 0.2) is 48.5 Å². The lowest BCUT2D eigenvalue weighted by Crippen LogP contribution is -2.19. The Morgan fingerprint density at radius 2 is 1.97 bits per heavy atom. The summed E-state index contributed by atoms with van der Waals surface area (Å²) in [5.74, 6) is 1.66. The molecule has 0 aliphatic heterocycles. The van der Waals surface area contributed by atoms with E-state index in [0.29, 0.717) is 31.1 Å². The van der Waals surface area contributed by atoms with Crippen LogP contribution in [0.1, 0.15) is 31.7 Å². The summed E-state index contributed by atoms with van der Waals surface area (Å²) in [5, 5.41) is 4.55. The van der Waals surface area contributed by atoms with E-state index in [4.69, 9.17) is 24.9 Å². The van der Waals surface area contributed by atoms with E-state index in [2.05, 4.69) is 20.9 Å². The molecule has 9 heteroatoms. The molecular weight excluding hydrogens is 470 g/mol. The molecule has 196 valence electrons. The summed E-state index contributed by atoms with van der Waals surface area (Å²) >= 11 is 0. The summed E-state index contributed by atoms with van der Waals surface area (Å²) in [6, 6.07) is 15.7. The monoisotopic (exact) mass is 505 g/mol. The highest BCUT2D eigenvalue weighted by Crippen LogP contribution is 2.29. The van der Waals surface area contributed by atoms with Crippen molar-refractivity contribution in [2.45, 2.75) is 45.9 Å². The first-order valence-electron chi connectivity index (χ1n) is 12.6. The van der Waals surface area contributed by atoms with Crippen LogP contribution in [0.25, 0.3) is 21.9 Å². The Hall–Kier alpha value is -3.69. The van der Waals surface area contributed by atoms with E-state index in [-0.39, 0.29) is 18.7 Å². The van der Waals surface area contributed by atoms with Crippen molar-refractivity contribution in [1.82, 2.24) is 19.9 Å². The fourth-order valence-corrected chi connectivity index (χ4v) is 4.31. The number of pyridine rings is 1. The Balaban J connectivity index is 1.38. The third-order valence-corrected chi connectivity index (χ3v) is 5.91. The molecule has 37 heavy (non-hydrogen) atoms. The summed E-state index contributed by atoms with van der Waals surface area (Å²) in [7, 11) is 1.69. The van der Waals surface area contributed by atoms with Crippen molar-refractivity contribution in [2.75, 3.05) is 32.6 Å². The number of ether oxygens (including phenoxy) is 3. The number of carbonyl (C=O) groups is 1. The molecule has 0 saturated heterocycles. The Morgan fingerprint density at radius 1 is 1.14 bits per heavy atom. The molecule has 9 nitrogen and oxygen atoms in total. The van der Waals surface area contributed by atoms with Gasteiger partial charge >= 0.3 is 5.97 Å². The molecule has 0 aliphatic carbocycles. The number of aromatic nitrogens is 3. The van der Waals surface area contributed by atoms with Crippen LogP contribution in [0.5, 0.6) is 5.75 Å². The molecule has 0 unspecified atom stereocenters. The van der Waals surface area contributed by atoms with Crippen molar-refractivity contribution >= 4 is 33.7 Å². The van der Waals surface area contributed by atoms with Gasteiger partial charge in [0.25, 0.3) is 0 Å². The number of esters is 1. The van der Waals surface area contributed by atoms with Crippen LogP contribution in [0.2, 0.25) is 0 Å². The van der Waals surface area contributed by atoms with E-state index in [1.165, 1.54) is 0 Å². The number of imidazole rings is 1. The number of nitrogens with zero attached hydrogens (tertiary/aromatic N) is 3. The van der Waals surface area contributed by atoms with Gasteiger partial charge in [0, 0.05) is 32.0 Å². The number of nitrogen functional groups attached to an aromatic ring is 1. The van der Waals surface area contributed by atoms with Crippen LogP contribution in [0.4, 0.5) is 5.82 Å². The zero-order valence-corrected chi connectivity index (χ0v) is 21.7. The number of hydrogen-bond donors (Lipinski definition) is 2. The van der Waals surface area contributed by atoms with Gasteiger partial charge in [-0.05, 0) is 50.6 Å². The highest BCUT2D eigenvalue weighted by Gasteiger charge is 2.17. The zero-order valence-electron chi connectivity index (χ0n) is 21.7. The van der Waals surface area contributed by atoms with E-state index in [1.54, 1.807) is 7.11 Å². The summed E-state index contributed by atoms with van der Waals surface area (Å²) in [6.07, 6.45) is 1.44. The number of carbonyl (C=O) groups excluding carboxylic acids is 1. The number of nitrogens with two attached hydrogens (primary N) is 1. The van der Waals surface area contributed by atoms with Crippen molar-refractivity contribution in [3.05, 3.63) is 59.9 Å². The van der Waals surface area contributed by atoms with Crippen LogP contribution < -0.4 is 15.8 Å². The highest BCUT2D eigenvalue weighted by molar-refractivity contribution is 6.06. The Bertz CT molecular complexity index is 1350. The lowest BCUT2D eigenvalue weighted by Gasteiger charge is -2.12. The maximum atomic E-state index is 11.7. The second-order valence-electron chi connectivity index (χ2n) is 9.14. The lowest BCUT2D eigenvalue weighted by atomic mass is 10.2. The number of methoxy groups -OCH3 is 1. The van der Waals surface area contributed by atoms with Crippen molar-refractivity contribution in [3.8, 4) is 5.75 Å². The average Bonchev–Trinajstić information content (AvgIpc) is 3.25. The molecule has 0 atom stereocenters. The largest absolute Gasteiger partial charge is 0.482 e. The number of nitrogens with one attached hydrogen (secondary N) is 1. The van der Waals surface area contributed by atoms with Gasteiger partial charge in [0.2, 0.25) is 0 Å². The van der Waals surface area contributed by atoms with E-state index in [9.17, 15) is 4.79 Å². The third-order valence-electron chi connectivity index (χ3n) is 5.91. The molecule has 0 fully saturated rings. The van der Waals surface area contributed by atoms with Crippen LogP contribution in [0, 0.1) is 0 Å². The van der Waals surface area contributed by atoms with E-state index in [0.717, 1.165) is 52.8 Å². The van der Waals surface area contributed by atoms with Gasteiger partial charge in [-0.1, -0.05) is 30.3 Å². The van der Waals surface area contributed by atoms with Gasteiger partial charge in [0.15, 0.2) is 12.4 Å². The topological polar surface area (TPSA) is 114 Å². The quantitative estimate of drug-likeness (QED) is 0.208. The normalized spacial score (nSPS) is 11.5. The Kier molecular flexibility index (Phi) is 8.92. The molecule has 0 spiro atoms. The molecular formula is C28H35N5O4. The fourth-order valence-electron chi connectivity index (χ4n) is 4.31. The minimum atomic E-state index is -0.374. The third kappa shape index (κ3) is 6.75. The number of aryl methyl sites for hydroxylation is 1. The summed E-state index contributed by atoms with van der Waals surface area (Å²) in [6.45, 7) is 6.40. The SMILES string of the molecule is COCCc1nc2c(N)nc3ccccc3c2n1CCCNCc1cccc(OCC(=O)OC(C)C)c1. The molecule has 4 rings (SSSR count). The number of rotatable bonds is 13. The van der Waals surface area contributed by atoms with Gasteiger partial charge in [0.05, 0.1) is 23.7 Å². The summed E-state index contributed by atoms with van der Waals surface area (Å²) in [5.41, 5.74) is 9.99. The first-order valence-corrected chi connectivity index (χ1v) is 12.6. The van der Waals surface area contributed by atoms with Gasteiger partial charge in [-0.25, -0.2) is 14.8 Å². The van der Waals surface area contributed by atoms with Crippen LogP contribution in [-0.2, 0) is 33.8 Å². The maximum Gasteiger partial charge on any atom is 0.344 e. The van der Waals surface area contributed by atoms with E-state index in [1.807, 2.05) is 56.3 Å². The van der Waals surface area contributed by atoms with Crippen LogP contribution in [0.3, 0.4) is 0 Å². The number of para-hydroxylation sites is 1. The molecule has 0 aliphatic rings. The minimum Gasteiger partial charge on any atom is -0.482 e. The van der Waals surface area contributed by atoms with E-state index >= 15 is 0 Å². The molecule has 0 radical (unpaired) electrons. The molecule has 0 bridgehead atoms.